The third kappa shape index (κ3) is 3.11. The van der Waals surface area contributed by atoms with Gasteiger partial charge in [0.2, 0.25) is 5.78 Å². The Morgan fingerprint density at radius 3 is 2.72 bits per heavy atom. The number of nitrogens with zero attached hydrogens (tertiary/aromatic N) is 3. The molecule has 0 aromatic carbocycles. The minimum absolute atomic E-state index is 0.0987. The summed E-state index contributed by atoms with van der Waals surface area (Å²) in [5.41, 5.74) is 2.92. The molecule has 8 heteroatoms. The summed E-state index contributed by atoms with van der Waals surface area (Å²) in [6.07, 6.45) is 1.68. The molecule has 7 nitrogen and oxygen atoms in total. The van der Waals surface area contributed by atoms with Crippen molar-refractivity contribution >= 4 is 33.3 Å². The summed E-state index contributed by atoms with van der Waals surface area (Å²) in [6, 6.07) is 1.83. The molecule has 0 unspecified atom stereocenters. The summed E-state index contributed by atoms with van der Waals surface area (Å²) in [5.74, 6) is -0.0556. The lowest BCUT2D eigenvalue weighted by Crippen LogP contribution is -2.20. The maximum atomic E-state index is 12.7. The number of aryl methyl sites for hydroxylation is 3. The predicted molar refractivity (Wildman–Crippen MR) is 111 cm³/mol. The van der Waals surface area contributed by atoms with E-state index in [-0.39, 0.29) is 17.9 Å². The first kappa shape index (κ1) is 19.6. The van der Waals surface area contributed by atoms with Crippen LogP contribution in [0.25, 0.3) is 10.2 Å². The van der Waals surface area contributed by atoms with Gasteiger partial charge in [-0.05, 0) is 45.7 Å². The molecule has 152 valence electrons. The number of esters is 1. The molecule has 0 atom stereocenters. The summed E-state index contributed by atoms with van der Waals surface area (Å²) in [4.78, 5) is 43.4. The Kier molecular flexibility index (Phi) is 4.90. The SMILES string of the molecule is CCn1c(C)cc(C(=O)COC(=O)c2sc3nc4n(c(=O)c3c2C)CCC4)c1C. The number of hydrogen-bond donors (Lipinski definition) is 0. The van der Waals surface area contributed by atoms with Crippen LogP contribution in [0, 0.1) is 20.8 Å². The first-order valence-corrected chi connectivity index (χ1v) is 10.5. The second-order valence-corrected chi connectivity index (χ2v) is 8.35. The number of hydrogen-bond acceptors (Lipinski definition) is 6. The van der Waals surface area contributed by atoms with Gasteiger partial charge in [-0.3, -0.25) is 14.2 Å². The van der Waals surface area contributed by atoms with Crippen molar-refractivity contribution in [1.29, 1.82) is 0 Å². The zero-order valence-corrected chi connectivity index (χ0v) is 17.8. The molecule has 0 aliphatic carbocycles. The number of carbonyl (C=O) groups is 2. The van der Waals surface area contributed by atoms with Crippen LogP contribution in [0.2, 0.25) is 0 Å². The highest BCUT2D eigenvalue weighted by Crippen LogP contribution is 2.29. The minimum atomic E-state index is -0.590. The molecule has 0 bridgehead atoms. The molecule has 0 radical (unpaired) electrons. The monoisotopic (exact) mass is 413 g/mol. The van der Waals surface area contributed by atoms with E-state index in [1.807, 2.05) is 31.4 Å². The molecule has 4 heterocycles. The van der Waals surface area contributed by atoms with Crippen molar-refractivity contribution in [3.05, 3.63) is 49.6 Å². The van der Waals surface area contributed by atoms with Crippen LogP contribution < -0.4 is 5.56 Å². The zero-order valence-electron chi connectivity index (χ0n) is 17.0. The van der Waals surface area contributed by atoms with Gasteiger partial charge in [-0.1, -0.05) is 0 Å². The third-order valence-electron chi connectivity index (χ3n) is 5.62. The summed E-state index contributed by atoms with van der Waals surface area (Å²) < 4.78 is 9.04. The number of fused-ring (bicyclic) bond motifs is 2. The van der Waals surface area contributed by atoms with Crippen LogP contribution in [0.5, 0.6) is 0 Å². The molecule has 0 N–H and O–H groups in total. The quantitative estimate of drug-likeness (QED) is 0.474. The van der Waals surface area contributed by atoms with Crippen molar-refractivity contribution in [3.8, 4) is 0 Å². The Labute approximate surface area is 171 Å². The van der Waals surface area contributed by atoms with E-state index >= 15 is 0 Å². The van der Waals surface area contributed by atoms with E-state index in [0.29, 0.717) is 32.8 Å². The Morgan fingerprint density at radius 2 is 2.03 bits per heavy atom. The van der Waals surface area contributed by atoms with Crippen molar-refractivity contribution in [2.24, 2.45) is 0 Å². The van der Waals surface area contributed by atoms with Crippen molar-refractivity contribution in [2.75, 3.05) is 6.61 Å². The van der Waals surface area contributed by atoms with E-state index in [2.05, 4.69) is 4.98 Å². The standard InChI is InChI=1S/C21H23N3O4S/c1-5-23-11(2)9-14(13(23)4)15(25)10-28-21(27)18-12(3)17-19(29-18)22-16-7-6-8-24(16)20(17)26/h9H,5-8,10H2,1-4H3. The highest BCUT2D eigenvalue weighted by Gasteiger charge is 2.25. The van der Waals surface area contributed by atoms with Crippen molar-refractivity contribution in [2.45, 2.75) is 53.6 Å². The minimum Gasteiger partial charge on any atom is -0.453 e. The summed E-state index contributed by atoms with van der Waals surface area (Å²) in [7, 11) is 0. The second kappa shape index (κ2) is 7.26. The largest absolute Gasteiger partial charge is 0.453 e. The first-order chi connectivity index (χ1) is 13.8. The molecule has 3 aromatic heterocycles. The number of rotatable bonds is 5. The van der Waals surface area contributed by atoms with Gasteiger partial charge in [0.05, 0.1) is 5.39 Å². The van der Waals surface area contributed by atoms with Crippen molar-refractivity contribution < 1.29 is 14.3 Å². The van der Waals surface area contributed by atoms with Crippen LogP contribution in [-0.2, 0) is 24.2 Å². The molecule has 0 amide bonds. The van der Waals surface area contributed by atoms with Gasteiger partial charge in [0.1, 0.15) is 15.5 Å². The number of thiophene rings is 1. The van der Waals surface area contributed by atoms with Crippen LogP contribution >= 0.6 is 11.3 Å². The van der Waals surface area contributed by atoms with E-state index in [1.54, 1.807) is 11.5 Å². The fraction of sp³-hybridized carbons (Fsp3) is 0.429. The molecule has 0 fully saturated rings. The molecule has 29 heavy (non-hydrogen) atoms. The molecule has 1 aliphatic heterocycles. The van der Waals surface area contributed by atoms with Crippen molar-refractivity contribution in [3.63, 3.8) is 0 Å². The topological polar surface area (TPSA) is 83.2 Å². The molecule has 3 aromatic rings. The molecular formula is C21H23N3O4S. The van der Waals surface area contributed by atoms with E-state index in [4.69, 9.17) is 4.74 Å². The highest BCUT2D eigenvalue weighted by atomic mass is 32.1. The van der Waals surface area contributed by atoms with Gasteiger partial charge < -0.3 is 9.30 Å². The van der Waals surface area contributed by atoms with E-state index in [9.17, 15) is 14.4 Å². The van der Waals surface area contributed by atoms with Crippen LogP contribution in [-0.4, -0.2) is 32.5 Å². The maximum Gasteiger partial charge on any atom is 0.349 e. The number of Topliss-reactive ketones (excluding diaryl/α,β-unsaturated/α-hetero) is 1. The smallest absolute Gasteiger partial charge is 0.349 e. The third-order valence-corrected chi connectivity index (χ3v) is 6.79. The van der Waals surface area contributed by atoms with Gasteiger partial charge in [-0.2, -0.15) is 0 Å². The Balaban J connectivity index is 1.57. The molecule has 0 saturated heterocycles. The number of carbonyl (C=O) groups excluding carboxylic acids is 2. The predicted octanol–water partition coefficient (Wildman–Crippen LogP) is 3.19. The van der Waals surface area contributed by atoms with Gasteiger partial charge in [0, 0.05) is 36.5 Å². The highest BCUT2D eigenvalue weighted by molar-refractivity contribution is 7.20. The van der Waals surface area contributed by atoms with Gasteiger partial charge in [0.25, 0.3) is 5.56 Å². The van der Waals surface area contributed by atoms with Crippen LogP contribution in [0.1, 0.15) is 56.1 Å². The van der Waals surface area contributed by atoms with Gasteiger partial charge in [-0.25, -0.2) is 9.78 Å². The van der Waals surface area contributed by atoms with E-state index < -0.39 is 5.97 Å². The summed E-state index contributed by atoms with van der Waals surface area (Å²) >= 11 is 1.16. The summed E-state index contributed by atoms with van der Waals surface area (Å²) in [5, 5.41) is 0.477. The van der Waals surface area contributed by atoms with E-state index in [0.717, 1.165) is 47.9 Å². The van der Waals surface area contributed by atoms with Gasteiger partial charge >= 0.3 is 5.97 Å². The molecular weight excluding hydrogens is 390 g/mol. The number of aromatic nitrogens is 3. The van der Waals surface area contributed by atoms with E-state index in [1.165, 1.54) is 0 Å². The molecule has 1 aliphatic rings. The van der Waals surface area contributed by atoms with Crippen LogP contribution in [0.4, 0.5) is 0 Å². The normalized spacial score (nSPS) is 13.1. The average Bonchev–Trinajstić information content (AvgIpc) is 3.36. The number of ether oxygens (including phenoxy) is 1. The Bertz CT molecular complexity index is 1220. The Hall–Kier alpha value is -2.74. The number of ketones is 1. The fourth-order valence-corrected chi connectivity index (χ4v) is 5.20. The molecule has 0 saturated carbocycles. The maximum absolute atomic E-state index is 12.7. The van der Waals surface area contributed by atoms with Gasteiger partial charge in [-0.15, -0.1) is 11.3 Å². The lowest BCUT2D eigenvalue weighted by molar-refractivity contribution is 0.0479. The first-order valence-electron chi connectivity index (χ1n) is 9.73. The Morgan fingerprint density at radius 1 is 1.28 bits per heavy atom. The zero-order chi connectivity index (χ0) is 20.9. The van der Waals surface area contributed by atoms with Crippen molar-refractivity contribution in [1.82, 2.24) is 14.1 Å². The lowest BCUT2D eigenvalue weighted by atomic mass is 10.1. The fourth-order valence-electron chi connectivity index (χ4n) is 4.11. The average molecular weight is 413 g/mol. The van der Waals surface area contributed by atoms with Crippen LogP contribution in [0.3, 0.4) is 0 Å². The van der Waals surface area contributed by atoms with Crippen LogP contribution in [0.15, 0.2) is 10.9 Å². The van der Waals surface area contributed by atoms with Gasteiger partial charge in [0.15, 0.2) is 6.61 Å². The molecule has 4 rings (SSSR count). The lowest BCUT2D eigenvalue weighted by Gasteiger charge is -2.06. The summed E-state index contributed by atoms with van der Waals surface area (Å²) in [6.45, 7) is 8.70. The second-order valence-electron chi connectivity index (χ2n) is 7.35. The molecule has 0 spiro atoms.